The van der Waals surface area contributed by atoms with Crippen molar-refractivity contribution >= 4 is 23.2 Å². The van der Waals surface area contributed by atoms with E-state index < -0.39 is 0 Å². The normalized spacial score (nSPS) is 21.3. The average Bonchev–Trinajstić information content (AvgIpc) is 2.29. The lowest BCUT2D eigenvalue weighted by Crippen LogP contribution is -2.32. The van der Waals surface area contributed by atoms with Crippen LogP contribution in [0.15, 0.2) is 30.3 Å². The zero-order chi connectivity index (χ0) is 10.5. The molecule has 4 heteroatoms. The van der Waals surface area contributed by atoms with Crippen molar-refractivity contribution in [2.75, 3.05) is 17.0 Å². The van der Waals surface area contributed by atoms with E-state index in [1.165, 1.54) is 0 Å². The first-order valence-electron chi connectivity index (χ1n) is 4.93. The van der Waals surface area contributed by atoms with Gasteiger partial charge in [0.05, 0.1) is 5.69 Å². The maximum Gasteiger partial charge on any atom is 0.165 e. The predicted molar refractivity (Wildman–Crippen MR) is 61.9 cm³/mol. The molecule has 0 aromatic heterocycles. The summed E-state index contributed by atoms with van der Waals surface area (Å²) in [4.78, 5) is 16.8. The van der Waals surface area contributed by atoms with Crippen LogP contribution in [0.4, 0.5) is 5.69 Å². The third-order valence-electron chi connectivity index (χ3n) is 2.21. The molecule has 0 aliphatic carbocycles. The fourth-order valence-corrected chi connectivity index (χ4v) is 2.34. The van der Waals surface area contributed by atoms with Gasteiger partial charge < -0.3 is 0 Å². The van der Waals surface area contributed by atoms with Crippen molar-refractivity contribution in [3.8, 4) is 0 Å². The fraction of sp³-hybridized carbons (Fsp3) is 0.364. The number of para-hydroxylation sites is 1. The van der Waals surface area contributed by atoms with E-state index in [1.807, 2.05) is 30.3 Å². The predicted octanol–water partition coefficient (Wildman–Crippen LogP) is 2.10. The van der Waals surface area contributed by atoms with Crippen LogP contribution in [-0.2, 0) is 9.63 Å². The van der Waals surface area contributed by atoms with Crippen molar-refractivity contribution < 1.29 is 9.63 Å². The van der Waals surface area contributed by atoms with Gasteiger partial charge in [-0.25, -0.2) is 0 Å². The van der Waals surface area contributed by atoms with Crippen molar-refractivity contribution in [3.05, 3.63) is 30.3 Å². The lowest BCUT2D eigenvalue weighted by molar-refractivity contribution is -0.127. The van der Waals surface area contributed by atoms with Crippen LogP contribution in [0.1, 0.15) is 6.42 Å². The Hall–Kier alpha value is -1.00. The maximum atomic E-state index is 11.4. The second kappa shape index (κ2) is 5.19. The first-order chi connectivity index (χ1) is 7.36. The molecule has 1 heterocycles. The third-order valence-corrected chi connectivity index (χ3v) is 3.25. The van der Waals surface area contributed by atoms with Gasteiger partial charge in [0.15, 0.2) is 11.9 Å². The molecule has 1 aliphatic rings. The Morgan fingerprint density at radius 1 is 1.33 bits per heavy atom. The molecule has 15 heavy (non-hydrogen) atoms. The van der Waals surface area contributed by atoms with Crippen LogP contribution in [0.5, 0.6) is 0 Å². The minimum absolute atomic E-state index is 0.192. The highest BCUT2D eigenvalue weighted by Crippen LogP contribution is 2.17. The minimum Gasteiger partial charge on any atom is -0.297 e. The quantitative estimate of drug-likeness (QED) is 0.796. The number of rotatable bonds is 3. The van der Waals surface area contributed by atoms with Gasteiger partial charge in [0.2, 0.25) is 0 Å². The molecule has 2 rings (SSSR count). The Morgan fingerprint density at radius 3 is 2.87 bits per heavy atom. The number of Topliss-reactive ketones (excluding diaryl/α,β-unsaturated/α-hetero) is 1. The van der Waals surface area contributed by atoms with Crippen LogP contribution in [0.2, 0.25) is 0 Å². The van der Waals surface area contributed by atoms with Gasteiger partial charge in [-0.15, -0.1) is 0 Å². The Bertz CT molecular complexity index is 329. The summed E-state index contributed by atoms with van der Waals surface area (Å²) >= 11 is 1.76. The molecule has 3 nitrogen and oxygen atoms in total. The molecule has 1 fully saturated rings. The van der Waals surface area contributed by atoms with E-state index in [2.05, 4.69) is 5.48 Å². The van der Waals surface area contributed by atoms with Crippen LogP contribution < -0.4 is 5.48 Å². The van der Waals surface area contributed by atoms with E-state index in [0.717, 1.165) is 17.2 Å². The summed E-state index contributed by atoms with van der Waals surface area (Å²) in [5, 5.41) is 0. The smallest absolute Gasteiger partial charge is 0.165 e. The number of ketones is 1. The average molecular weight is 223 g/mol. The van der Waals surface area contributed by atoms with E-state index in [-0.39, 0.29) is 11.9 Å². The molecule has 0 amide bonds. The number of thioether (sulfide) groups is 1. The zero-order valence-electron chi connectivity index (χ0n) is 8.31. The molecule has 80 valence electrons. The van der Waals surface area contributed by atoms with Crippen LogP contribution in [0, 0.1) is 0 Å². The standard InChI is InChI=1S/C11H13NO2S/c13-10-6-7-15-8-11(10)14-12-9-4-2-1-3-5-9/h1-5,11-12H,6-8H2/t11-/m0/s1. The van der Waals surface area contributed by atoms with Crippen molar-refractivity contribution in [1.29, 1.82) is 0 Å². The molecule has 0 spiro atoms. The van der Waals surface area contributed by atoms with E-state index >= 15 is 0 Å². The molecular formula is C11H13NO2S. The van der Waals surface area contributed by atoms with Gasteiger partial charge in [-0.2, -0.15) is 11.8 Å². The second-order valence-electron chi connectivity index (χ2n) is 3.37. The highest BCUT2D eigenvalue weighted by Gasteiger charge is 2.23. The number of anilines is 1. The van der Waals surface area contributed by atoms with Crippen molar-refractivity contribution in [2.24, 2.45) is 0 Å². The summed E-state index contributed by atoms with van der Waals surface area (Å²) < 4.78 is 0. The Morgan fingerprint density at radius 2 is 2.13 bits per heavy atom. The number of nitrogens with one attached hydrogen (secondary N) is 1. The van der Waals surface area contributed by atoms with Crippen molar-refractivity contribution in [1.82, 2.24) is 0 Å². The Labute approximate surface area is 93.2 Å². The number of carbonyl (C=O) groups excluding carboxylic acids is 1. The van der Waals surface area contributed by atoms with Gasteiger partial charge >= 0.3 is 0 Å². The maximum absolute atomic E-state index is 11.4. The topological polar surface area (TPSA) is 38.3 Å². The molecule has 1 aromatic carbocycles. The zero-order valence-corrected chi connectivity index (χ0v) is 9.13. The number of hydrogen-bond acceptors (Lipinski definition) is 4. The fourth-order valence-electron chi connectivity index (χ4n) is 1.36. The summed E-state index contributed by atoms with van der Waals surface area (Å²) in [7, 11) is 0. The molecule has 0 bridgehead atoms. The van der Waals surface area contributed by atoms with Gasteiger partial charge in [-0.05, 0) is 12.1 Å². The summed E-state index contributed by atoms with van der Waals surface area (Å²) in [6.07, 6.45) is 0.315. The lowest BCUT2D eigenvalue weighted by atomic mass is 10.2. The lowest BCUT2D eigenvalue weighted by Gasteiger charge is -2.20. The monoisotopic (exact) mass is 223 g/mol. The van der Waals surface area contributed by atoms with E-state index in [9.17, 15) is 4.79 Å². The number of hydrogen-bond donors (Lipinski definition) is 1. The van der Waals surface area contributed by atoms with E-state index in [4.69, 9.17) is 4.84 Å². The molecule has 0 saturated carbocycles. The van der Waals surface area contributed by atoms with Crippen LogP contribution >= 0.6 is 11.8 Å². The molecule has 1 atom stereocenters. The van der Waals surface area contributed by atoms with Gasteiger partial charge in [-0.3, -0.25) is 15.1 Å². The van der Waals surface area contributed by atoms with Gasteiger partial charge in [0, 0.05) is 17.9 Å². The molecule has 1 N–H and O–H groups in total. The summed E-state index contributed by atoms with van der Waals surface area (Å²) in [5.41, 5.74) is 3.69. The molecule has 1 aromatic rings. The Kier molecular flexibility index (Phi) is 3.64. The minimum atomic E-state index is -0.302. The summed E-state index contributed by atoms with van der Waals surface area (Å²) in [5.74, 6) is 1.86. The summed E-state index contributed by atoms with van der Waals surface area (Å²) in [6.45, 7) is 0. The Balaban J connectivity index is 1.85. The molecule has 1 saturated heterocycles. The van der Waals surface area contributed by atoms with Crippen LogP contribution in [0.3, 0.4) is 0 Å². The molecule has 1 aliphatic heterocycles. The third kappa shape index (κ3) is 2.97. The number of carbonyl (C=O) groups is 1. The number of benzene rings is 1. The molecular weight excluding hydrogens is 210 g/mol. The van der Waals surface area contributed by atoms with Crippen LogP contribution in [0.25, 0.3) is 0 Å². The van der Waals surface area contributed by atoms with E-state index in [0.29, 0.717) is 6.42 Å². The van der Waals surface area contributed by atoms with Gasteiger partial charge in [-0.1, -0.05) is 18.2 Å². The first kappa shape index (κ1) is 10.5. The largest absolute Gasteiger partial charge is 0.297 e. The first-order valence-corrected chi connectivity index (χ1v) is 6.09. The summed E-state index contributed by atoms with van der Waals surface area (Å²) in [6, 6.07) is 9.58. The molecule has 0 radical (unpaired) electrons. The molecule has 0 unspecified atom stereocenters. The van der Waals surface area contributed by atoms with Crippen molar-refractivity contribution in [2.45, 2.75) is 12.5 Å². The highest BCUT2D eigenvalue weighted by molar-refractivity contribution is 7.99. The van der Waals surface area contributed by atoms with Crippen molar-refractivity contribution in [3.63, 3.8) is 0 Å². The SMILES string of the molecule is O=C1CCSC[C@@H]1ONc1ccccc1. The van der Waals surface area contributed by atoms with Gasteiger partial charge in [0.1, 0.15) is 0 Å². The van der Waals surface area contributed by atoms with Gasteiger partial charge in [0.25, 0.3) is 0 Å². The second-order valence-corrected chi connectivity index (χ2v) is 4.52. The highest BCUT2D eigenvalue weighted by atomic mass is 32.2. The van der Waals surface area contributed by atoms with E-state index in [1.54, 1.807) is 11.8 Å². The van der Waals surface area contributed by atoms with Crippen LogP contribution in [-0.4, -0.2) is 23.4 Å².